The summed E-state index contributed by atoms with van der Waals surface area (Å²) in [6, 6.07) is 14.8. The van der Waals surface area contributed by atoms with Gasteiger partial charge in [0.05, 0.1) is 24.3 Å². The maximum atomic E-state index is 15.1. The van der Waals surface area contributed by atoms with Crippen LogP contribution in [0.4, 0.5) is 22.4 Å². The number of ether oxygens (including phenoxy) is 2. The molecular weight excluding hydrogens is 574 g/mol. The fraction of sp³-hybridized carbons (Fsp3) is 0.371. The zero-order chi connectivity index (χ0) is 32.0. The molecule has 0 spiro atoms. The highest BCUT2D eigenvalue weighted by Crippen LogP contribution is 2.45. The second-order valence-corrected chi connectivity index (χ2v) is 12.5. The number of aryl methyl sites for hydroxylation is 1. The fourth-order valence-corrected chi connectivity index (χ4v) is 6.27. The van der Waals surface area contributed by atoms with Crippen LogP contribution in [0.1, 0.15) is 78.7 Å². The molecule has 1 amide bonds. The molecule has 232 valence electrons. The molecule has 3 aromatic carbocycles. The fourth-order valence-electron chi connectivity index (χ4n) is 6.27. The van der Waals surface area contributed by atoms with Gasteiger partial charge in [-0.25, -0.2) is 14.0 Å². The van der Waals surface area contributed by atoms with Gasteiger partial charge in [-0.3, -0.25) is 4.90 Å². The van der Waals surface area contributed by atoms with Crippen LogP contribution in [-0.4, -0.2) is 36.7 Å². The second kappa shape index (κ2) is 11.7. The van der Waals surface area contributed by atoms with Crippen molar-refractivity contribution in [3.63, 3.8) is 0 Å². The third-order valence-corrected chi connectivity index (χ3v) is 8.56. The van der Waals surface area contributed by atoms with Gasteiger partial charge in [0.1, 0.15) is 11.9 Å². The molecule has 1 heterocycles. The van der Waals surface area contributed by atoms with E-state index >= 15 is 4.39 Å². The third kappa shape index (κ3) is 6.51. The molecule has 1 fully saturated rings. The number of cyclic esters (lactones) is 1. The minimum absolute atomic E-state index is 0.0663. The van der Waals surface area contributed by atoms with Crippen LogP contribution in [0.2, 0.25) is 0 Å². The van der Waals surface area contributed by atoms with Crippen molar-refractivity contribution in [2.45, 2.75) is 65.3 Å². The summed E-state index contributed by atoms with van der Waals surface area (Å²) < 4.78 is 66.1. The van der Waals surface area contributed by atoms with Crippen molar-refractivity contribution in [2.75, 3.05) is 13.7 Å². The minimum atomic E-state index is -4.52. The first kappa shape index (κ1) is 31.3. The van der Waals surface area contributed by atoms with Crippen molar-refractivity contribution in [2.24, 2.45) is 5.41 Å². The van der Waals surface area contributed by atoms with E-state index in [2.05, 4.69) is 13.8 Å². The number of benzene rings is 3. The molecule has 2 atom stereocenters. The van der Waals surface area contributed by atoms with Crippen LogP contribution < -0.4 is 0 Å². The highest BCUT2D eigenvalue weighted by Gasteiger charge is 2.42. The minimum Gasteiger partial charge on any atom is -0.465 e. The Morgan fingerprint density at radius 1 is 1.02 bits per heavy atom. The van der Waals surface area contributed by atoms with Gasteiger partial charge in [-0.1, -0.05) is 37.6 Å². The summed E-state index contributed by atoms with van der Waals surface area (Å²) in [6.45, 7) is 7.86. The lowest BCUT2D eigenvalue weighted by Crippen LogP contribution is -2.35. The van der Waals surface area contributed by atoms with Crippen molar-refractivity contribution < 1.29 is 36.6 Å². The number of alkyl halides is 3. The molecule has 2 aliphatic rings. The molecule has 44 heavy (non-hydrogen) atoms. The van der Waals surface area contributed by atoms with Crippen LogP contribution in [0.5, 0.6) is 0 Å². The molecule has 5 nitrogen and oxygen atoms in total. The van der Waals surface area contributed by atoms with Crippen LogP contribution in [0.25, 0.3) is 16.7 Å². The maximum Gasteiger partial charge on any atom is 0.416 e. The maximum absolute atomic E-state index is 15.1. The van der Waals surface area contributed by atoms with Crippen LogP contribution in [0.3, 0.4) is 0 Å². The number of methoxy groups -OCH3 is 1. The van der Waals surface area contributed by atoms with Gasteiger partial charge in [0, 0.05) is 6.54 Å². The van der Waals surface area contributed by atoms with Gasteiger partial charge in [-0.15, -0.1) is 0 Å². The smallest absolute Gasteiger partial charge is 0.416 e. The van der Waals surface area contributed by atoms with E-state index in [0.29, 0.717) is 40.7 Å². The Balaban J connectivity index is 1.48. The predicted molar refractivity (Wildman–Crippen MR) is 159 cm³/mol. The molecule has 0 N–H and O–H groups in total. The summed E-state index contributed by atoms with van der Waals surface area (Å²) in [5, 5.41) is 0. The topological polar surface area (TPSA) is 55.8 Å². The Bertz CT molecular complexity index is 1620. The summed E-state index contributed by atoms with van der Waals surface area (Å²) in [5.74, 6) is -0.878. The summed E-state index contributed by atoms with van der Waals surface area (Å²) in [6.07, 6.45) is -3.80. The number of esters is 1. The number of rotatable bonds is 6. The molecule has 1 saturated heterocycles. The molecule has 3 aromatic rings. The van der Waals surface area contributed by atoms with E-state index in [9.17, 15) is 22.8 Å². The van der Waals surface area contributed by atoms with Crippen LogP contribution >= 0.6 is 0 Å². The Kier molecular flexibility index (Phi) is 8.35. The van der Waals surface area contributed by atoms with Gasteiger partial charge in [0.2, 0.25) is 0 Å². The Morgan fingerprint density at radius 2 is 1.70 bits per heavy atom. The second-order valence-electron chi connectivity index (χ2n) is 12.5. The van der Waals surface area contributed by atoms with E-state index in [1.807, 2.05) is 6.07 Å². The van der Waals surface area contributed by atoms with Crippen molar-refractivity contribution in [1.29, 1.82) is 0 Å². The number of allylic oxidation sites excluding steroid dienone is 1. The van der Waals surface area contributed by atoms with E-state index in [4.69, 9.17) is 9.47 Å². The summed E-state index contributed by atoms with van der Waals surface area (Å²) in [4.78, 5) is 26.6. The number of nitrogens with zero attached hydrogens (tertiary/aromatic N) is 1. The van der Waals surface area contributed by atoms with Gasteiger partial charge in [0.25, 0.3) is 0 Å². The van der Waals surface area contributed by atoms with Gasteiger partial charge < -0.3 is 9.47 Å². The quantitative estimate of drug-likeness (QED) is 0.207. The Labute approximate surface area is 254 Å². The molecule has 9 heteroatoms. The summed E-state index contributed by atoms with van der Waals surface area (Å²) in [5.41, 5.74) is 4.24. The van der Waals surface area contributed by atoms with E-state index in [-0.39, 0.29) is 12.0 Å². The monoisotopic (exact) mass is 609 g/mol. The SMILES string of the molecule is COC(=O)c1ccc(-c2cc(F)cc(C3=C(CN4C(=O)O[C@H](c5cc(C)cc(C(F)(F)F)c5)[C@@H]4C)CC(C)(C)CC3)c2)cc1. The molecule has 0 unspecified atom stereocenters. The number of amides is 1. The standard InChI is InChI=1S/C35H35F4NO4/c1-20-12-26(15-28(13-20)35(37,38)39)31-21(2)40(33(42)44-31)19-27-18-34(3,4)11-10-30(27)25-14-24(16-29(36)17-25)22-6-8-23(9-7-22)32(41)43-5/h6-9,12-17,21,31H,10-11,18-19H2,1-5H3/t21-,31-/m0/s1. The molecule has 5 rings (SSSR count). The van der Waals surface area contributed by atoms with Crippen LogP contribution in [0, 0.1) is 18.2 Å². The normalized spacial score (nSPS) is 20.1. The zero-order valence-electron chi connectivity index (χ0n) is 25.3. The number of hydrogen-bond donors (Lipinski definition) is 0. The van der Waals surface area contributed by atoms with Gasteiger partial charge >= 0.3 is 18.2 Å². The first-order chi connectivity index (χ1) is 20.6. The summed E-state index contributed by atoms with van der Waals surface area (Å²) >= 11 is 0. The van der Waals surface area contributed by atoms with Gasteiger partial charge in [-0.2, -0.15) is 13.2 Å². The molecule has 0 aromatic heterocycles. The highest BCUT2D eigenvalue weighted by molar-refractivity contribution is 5.90. The highest BCUT2D eigenvalue weighted by atomic mass is 19.4. The van der Waals surface area contributed by atoms with Crippen molar-refractivity contribution in [3.05, 3.63) is 99.9 Å². The Morgan fingerprint density at radius 3 is 2.36 bits per heavy atom. The summed E-state index contributed by atoms with van der Waals surface area (Å²) in [7, 11) is 1.31. The predicted octanol–water partition coefficient (Wildman–Crippen LogP) is 9.15. The van der Waals surface area contributed by atoms with Crippen molar-refractivity contribution >= 4 is 17.6 Å². The molecule has 1 aliphatic heterocycles. The Hall–Kier alpha value is -4.14. The largest absolute Gasteiger partial charge is 0.465 e. The lowest BCUT2D eigenvalue weighted by atomic mass is 9.72. The van der Waals surface area contributed by atoms with Crippen molar-refractivity contribution in [1.82, 2.24) is 4.90 Å². The third-order valence-electron chi connectivity index (χ3n) is 8.56. The average Bonchev–Trinajstić information content (AvgIpc) is 3.24. The van der Waals surface area contributed by atoms with E-state index in [1.54, 1.807) is 49.1 Å². The molecule has 1 aliphatic carbocycles. The molecule has 0 saturated carbocycles. The lowest BCUT2D eigenvalue weighted by molar-refractivity contribution is -0.137. The molecule has 0 bridgehead atoms. The van der Waals surface area contributed by atoms with Crippen LogP contribution in [0.15, 0.2) is 66.2 Å². The number of hydrogen-bond acceptors (Lipinski definition) is 4. The van der Waals surface area contributed by atoms with Crippen LogP contribution in [-0.2, 0) is 15.7 Å². The molecular formula is C35H35F4NO4. The number of carbonyl (C=O) groups excluding carboxylic acids is 2. The van der Waals surface area contributed by atoms with Gasteiger partial charge in [0.15, 0.2) is 0 Å². The lowest BCUT2D eigenvalue weighted by Gasteiger charge is -2.35. The number of carbonyl (C=O) groups is 2. The zero-order valence-corrected chi connectivity index (χ0v) is 25.3. The van der Waals surface area contributed by atoms with Crippen molar-refractivity contribution in [3.8, 4) is 11.1 Å². The van der Waals surface area contributed by atoms with E-state index in [1.165, 1.54) is 19.2 Å². The first-order valence-electron chi connectivity index (χ1n) is 14.5. The van der Waals surface area contributed by atoms with Gasteiger partial charge in [-0.05, 0) is 114 Å². The van der Waals surface area contributed by atoms with E-state index < -0.39 is 41.8 Å². The molecule has 0 radical (unpaired) electrons. The first-order valence-corrected chi connectivity index (χ1v) is 14.5. The van der Waals surface area contributed by atoms with E-state index in [0.717, 1.165) is 35.3 Å². The average molecular weight is 610 g/mol. The number of halogens is 4.